The van der Waals surface area contributed by atoms with Gasteiger partial charge in [-0.25, -0.2) is 13.4 Å². The predicted octanol–water partition coefficient (Wildman–Crippen LogP) is 3.55. The number of sulfone groups is 1. The molecule has 10 heteroatoms. The molecular weight excluding hydrogens is 486 g/mol. The highest BCUT2D eigenvalue weighted by atomic mass is 32.2. The van der Waals surface area contributed by atoms with E-state index < -0.39 is 15.1 Å². The largest absolute Gasteiger partial charge is 0.369 e. The second-order valence-electron chi connectivity index (χ2n) is 9.71. The SMILES string of the molecule is CC(C)S(=O)(=O)c1ccccc1CNc1nc(N)nc2ccn(-c3ccc(N4CCN(C)CC4)cc3)c12. The minimum Gasteiger partial charge on any atom is -0.369 e. The molecule has 0 unspecified atom stereocenters. The Labute approximate surface area is 217 Å². The summed E-state index contributed by atoms with van der Waals surface area (Å²) in [6.07, 6.45) is 1.95. The third-order valence-electron chi connectivity index (χ3n) is 6.89. The molecule has 0 radical (unpaired) electrons. The van der Waals surface area contributed by atoms with Crippen molar-refractivity contribution in [1.29, 1.82) is 0 Å². The molecule has 0 atom stereocenters. The fourth-order valence-electron chi connectivity index (χ4n) is 4.65. The quantitative estimate of drug-likeness (QED) is 0.382. The van der Waals surface area contributed by atoms with Crippen molar-refractivity contribution in [3.05, 3.63) is 66.4 Å². The smallest absolute Gasteiger partial charge is 0.222 e. The highest BCUT2D eigenvalue weighted by Gasteiger charge is 2.22. The van der Waals surface area contributed by atoms with Crippen molar-refractivity contribution in [3.8, 4) is 5.69 Å². The van der Waals surface area contributed by atoms with Crippen molar-refractivity contribution >= 4 is 38.3 Å². The van der Waals surface area contributed by atoms with Crippen LogP contribution in [0.4, 0.5) is 17.5 Å². The van der Waals surface area contributed by atoms with Crippen molar-refractivity contribution in [2.24, 2.45) is 0 Å². The van der Waals surface area contributed by atoms with Crippen LogP contribution in [0.1, 0.15) is 19.4 Å². The zero-order valence-corrected chi connectivity index (χ0v) is 22.2. The second kappa shape index (κ2) is 10.0. The standard InChI is InChI=1S/C27H33N7O2S/c1-19(2)37(35,36)24-7-5-4-6-20(24)18-29-26-25-23(30-27(28)31-26)12-13-34(25)22-10-8-21(9-11-22)33-16-14-32(3)15-17-33/h4-13,19H,14-18H2,1-3H3,(H3,28,29,30,31). The van der Waals surface area contributed by atoms with E-state index in [0.29, 0.717) is 21.8 Å². The Morgan fingerprint density at radius 2 is 1.62 bits per heavy atom. The van der Waals surface area contributed by atoms with Gasteiger partial charge in [0.2, 0.25) is 5.95 Å². The predicted molar refractivity (Wildman–Crippen MR) is 149 cm³/mol. The van der Waals surface area contributed by atoms with Crippen LogP contribution in [0.3, 0.4) is 0 Å². The lowest BCUT2D eigenvalue weighted by Crippen LogP contribution is -2.44. The van der Waals surface area contributed by atoms with E-state index in [-0.39, 0.29) is 12.5 Å². The van der Waals surface area contributed by atoms with Gasteiger partial charge < -0.3 is 25.4 Å². The number of likely N-dealkylation sites (N-methyl/N-ethyl adjacent to an activating group) is 1. The lowest BCUT2D eigenvalue weighted by atomic mass is 10.2. The lowest BCUT2D eigenvalue weighted by Gasteiger charge is -2.34. The number of anilines is 3. The lowest BCUT2D eigenvalue weighted by molar-refractivity contribution is 0.313. The third kappa shape index (κ3) is 4.99. The normalized spacial score (nSPS) is 15.0. The Kier molecular flexibility index (Phi) is 6.78. The molecule has 1 fully saturated rings. The molecule has 0 amide bonds. The first-order valence-electron chi connectivity index (χ1n) is 12.5. The van der Waals surface area contributed by atoms with E-state index in [2.05, 4.69) is 56.4 Å². The second-order valence-corrected chi connectivity index (χ2v) is 12.2. The third-order valence-corrected chi connectivity index (χ3v) is 9.15. The molecule has 5 rings (SSSR count). The van der Waals surface area contributed by atoms with Crippen LogP contribution in [0, 0.1) is 0 Å². The number of nitrogens with one attached hydrogen (secondary N) is 1. The number of hydrogen-bond acceptors (Lipinski definition) is 8. The zero-order chi connectivity index (χ0) is 26.2. The monoisotopic (exact) mass is 519 g/mol. The van der Waals surface area contributed by atoms with Gasteiger partial charge in [-0.2, -0.15) is 4.98 Å². The van der Waals surface area contributed by atoms with E-state index in [0.717, 1.165) is 37.4 Å². The molecule has 194 valence electrons. The number of piperazine rings is 1. The first-order chi connectivity index (χ1) is 17.7. The van der Waals surface area contributed by atoms with Crippen LogP contribution in [0.25, 0.3) is 16.7 Å². The van der Waals surface area contributed by atoms with Crippen LogP contribution in [0.15, 0.2) is 65.7 Å². The van der Waals surface area contributed by atoms with Crippen molar-refractivity contribution in [2.75, 3.05) is 49.2 Å². The summed E-state index contributed by atoms with van der Waals surface area (Å²) >= 11 is 0. The Morgan fingerprint density at radius 3 is 2.32 bits per heavy atom. The van der Waals surface area contributed by atoms with E-state index in [9.17, 15) is 8.42 Å². The minimum absolute atomic E-state index is 0.154. The molecule has 4 aromatic rings. The number of rotatable bonds is 7. The van der Waals surface area contributed by atoms with E-state index in [4.69, 9.17) is 5.73 Å². The summed E-state index contributed by atoms with van der Waals surface area (Å²) in [5, 5.41) is 2.82. The maximum absolute atomic E-state index is 12.9. The summed E-state index contributed by atoms with van der Waals surface area (Å²) in [7, 11) is -1.28. The fraction of sp³-hybridized carbons (Fsp3) is 0.333. The molecule has 0 spiro atoms. The average molecular weight is 520 g/mol. The topological polar surface area (TPSA) is 109 Å². The summed E-state index contributed by atoms with van der Waals surface area (Å²) in [6.45, 7) is 7.79. The first-order valence-corrected chi connectivity index (χ1v) is 14.0. The number of nitrogens with two attached hydrogens (primary N) is 1. The summed E-state index contributed by atoms with van der Waals surface area (Å²) in [4.78, 5) is 14.0. The molecule has 1 saturated heterocycles. The van der Waals surface area contributed by atoms with E-state index >= 15 is 0 Å². The molecule has 1 aliphatic rings. The Bertz CT molecular complexity index is 1510. The zero-order valence-electron chi connectivity index (χ0n) is 21.4. The van der Waals surface area contributed by atoms with Crippen LogP contribution in [-0.4, -0.2) is 66.3 Å². The first kappa shape index (κ1) is 25.0. The van der Waals surface area contributed by atoms with Crippen LogP contribution in [0.5, 0.6) is 0 Å². The Balaban J connectivity index is 1.46. The maximum Gasteiger partial charge on any atom is 0.222 e. The average Bonchev–Trinajstić information content (AvgIpc) is 3.32. The van der Waals surface area contributed by atoms with E-state index in [1.54, 1.807) is 26.0 Å². The van der Waals surface area contributed by atoms with Crippen LogP contribution in [-0.2, 0) is 16.4 Å². The van der Waals surface area contributed by atoms with E-state index in [1.165, 1.54) is 5.69 Å². The van der Waals surface area contributed by atoms with Gasteiger partial charge in [-0.15, -0.1) is 0 Å². The molecule has 0 saturated carbocycles. The van der Waals surface area contributed by atoms with Crippen molar-refractivity contribution in [1.82, 2.24) is 19.4 Å². The van der Waals surface area contributed by atoms with Crippen molar-refractivity contribution in [3.63, 3.8) is 0 Å². The van der Waals surface area contributed by atoms with Gasteiger partial charge in [-0.3, -0.25) is 0 Å². The van der Waals surface area contributed by atoms with Gasteiger partial charge in [0, 0.05) is 50.3 Å². The molecule has 1 aliphatic heterocycles. The number of benzene rings is 2. The summed E-state index contributed by atoms with van der Waals surface area (Å²) < 4.78 is 27.8. The number of nitrogens with zero attached hydrogens (tertiary/aromatic N) is 5. The molecule has 2 aromatic carbocycles. The van der Waals surface area contributed by atoms with Gasteiger partial charge in [-0.05, 0) is 62.9 Å². The molecule has 3 heterocycles. The highest BCUT2D eigenvalue weighted by molar-refractivity contribution is 7.92. The van der Waals surface area contributed by atoms with Crippen LogP contribution < -0.4 is 16.0 Å². The van der Waals surface area contributed by atoms with Crippen molar-refractivity contribution < 1.29 is 8.42 Å². The van der Waals surface area contributed by atoms with Gasteiger partial charge in [0.15, 0.2) is 15.7 Å². The molecule has 3 N–H and O–H groups in total. The van der Waals surface area contributed by atoms with Gasteiger partial charge in [0.1, 0.15) is 5.52 Å². The molecule has 9 nitrogen and oxygen atoms in total. The van der Waals surface area contributed by atoms with Gasteiger partial charge in [-0.1, -0.05) is 18.2 Å². The van der Waals surface area contributed by atoms with E-state index in [1.807, 2.05) is 29.0 Å². The van der Waals surface area contributed by atoms with Crippen LogP contribution in [0.2, 0.25) is 0 Å². The molecular formula is C27H33N7O2S. The Hall–Kier alpha value is -3.63. The van der Waals surface area contributed by atoms with Gasteiger partial charge in [0.25, 0.3) is 0 Å². The molecule has 0 aliphatic carbocycles. The van der Waals surface area contributed by atoms with Gasteiger partial charge in [0.05, 0.1) is 15.7 Å². The molecule has 2 aromatic heterocycles. The number of aromatic nitrogens is 3. The summed E-state index contributed by atoms with van der Waals surface area (Å²) in [5.41, 5.74) is 10.4. The molecule has 37 heavy (non-hydrogen) atoms. The van der Waals surface area contributed by atoms with Crippen LogP contribution >= 0.6 is 0 Å². The minimum atomic E-state index is -3.43. The number of nitrogen functional groups attached to an aromatic ring is 1. The highest BCUT2D eigenvalue weighted by Crippen LogP contribution is 2.29. The van der Waals surface area contributed by atoms with Crippen molar-refractivity contribution in [2.45, 2.75) is 30.5 Å². The summed E-state index contributed by atoms with van der Waals surface area (Å²) in [5.74, 6) is 0.702. The van der Waals surface area contributed by atoms with Gasteiger partial charge >= 0.3 is 0 Å². The Morgan fingerprint density at radius 1 is 0.946 bits per heavy atom. The fourth-order valence-corrected chi connectivity index (χ4v) is 5.93. The number of hydrogen-bond donors (Lipinski definition) is 2. The number of fused-ring (bicyclic) bond motifs is 1. The summed E-state index contributed by atoms with van der Waals surface area (Å²) in [6, 6.07) is 17.4. The molecule has 0 bridgehead atoms. The maximum atomic E-state index is 12.9.